The highest BCUT2D eigenvalue weighted by molar-refractivity contribution is 9.10. The highest BCUT2D eigenvalue weighted by atomic mass is 79.9. The van der Waals surface area contributed by atoms with E-state index in [1.54, 1.807) is 18.3 Å². The number of hydrogen-bond acceptors (Lipinski definition) is 3. The molecule has 0 N–H and O–H groups in total. The van der Waals surface area contributed by atoms with Crippen LogP contribution in [0, 0.1) is 0 Å². The Bertz CT molecular complexity index is 424. The van der Waals surface area contributed by atoms with Crippen LogP contribution >= 0.6 is 15.9 Å². The summed E-state index contributed by atoms with van der Waals surface area (Å²) in [6, 6.07) is 3.57. The van der Waals surface area contributed by atoms with Gasteiger partial charge in [0.1, 0.15) is 11.4 Å². The van der Waals surface area contributed by atoms with Crippen LogP contribution in [0.4, 0.5) is 10.6 Å². The molecule has 0 spiro atoms. The van der Waals surface area contributed by atoms with E-state index in [1.165, 1.54) is 4.90 Å². The maximum absolute atomic E-state index is 12.0. The molecule has 1 aromatic rings. The average molecular weight is 313 g/mol. The van der Waals surface area contributed by atoms with Gasteiger partial charge in [-0.25, -0.2) is 9.78 Å². The first-order valence-electron chi connectivity index (χ1n) is 5.56. The predicted molar refractivity (Wildman–Crippen MR) is 75.7 cm³/mol. The minimum Gasteiger partial charge on any atom is -0.443 e. The predicted octanol–water partition coefficient (Wildman–Crippen LogP) is 3.77. The normalized spacial score (nSPS) is 10.9. The van der Waals surface area contributed by atoms with Gasteiger partial charge in [0.15, 0.2) is 0 Å². The SMILES string of the molecule is C=CCN(C(=O)OC(C)(C)C)c1ccc(Br)cn1. The first kappa shape index (κ1) is 14.7. The summed E-state index contributed by atoms with van der Waals surface area (Å²) in [6.07, 6.45) is 2.83. The molecule has 0 saturated heterocycles. The summed E-state index contributed by atoms with van der Waals surface area (Å²) in [5, 5.41) is 0. The molecule has 18 heavy (non-hydrogen) atoms. The van der Waals surface area contributed by atoms with Crippen LogP contribution in [0.15, 0.2) is 35.5 Å². The van der Waals surface area contributed by atoms with E-state index in [4.69, 9.17) is 4.74 Å². The minimum absolute atomic E-state index is 0.351. The van der Waals surface area contributed by atoms with E-state index in [-0.39, 0.29) is 0 Å². The maximum Gasteiger partial charge on any atom is 0.416 e. The van der Waals surface area contributed by atoms with Gasteiger partial charge in [0.25, 0.3) is 0 Å². The van der Waals surface area contributed by atoms with Gasteiger partial charge in [0.2, 0.25) is 0 Å². The monoisotopic (exact) mass is 312 g/mol. The Morgan fingerprint density at radius 3 is 2.67 bits per heavy atom. The van der Waals surface area contributed by atoms with Crippen molar-refractivity contribution in [2.45, 2.75) is 26.4 Å². The van der Waals surface area contributed by atoms with Crippen LogP contribution in [-0.4, -0.2) is 23.2 Å². The van der Waals surface area contributed by atoms with Crippen LogP contribution in [0.2, 0.25) is 0 Å². The molecule has 1 aromatic heterocycles. The third-order valence-corrected chi connectivity index (χ3v) is 2.38. The third-order valence-electron chi connectivity index (χ3n) is 1.91. The van der Waals surface area contributed by atoms with E-state index in [0.29, 0.717) is 12.4 Å². The van der Waals surface area contributed by atoms with Crippen LogP contribution in [0.3, 0.4) is 0 Å². The van der Waals surface area contributed by atoms with Crippen LogP contribution in [0.5, 0.6) is 0 Å². The Labute approximate surface area is 116 Å². The summed E-state index contributed by atoms with van der Waals surface area (Å²) in [7, 11) is 0. The Morgan fingerprint density at radius 2 is 2.22 bits per heavy atom. The molecule has 0 atom stereocenters. The summed E-state index contributed by atoms with van der Waals surface area (Å²) in [4.78, 5) is 17.7. The smallest absolute Gasteiger partial charge is 0.416 e. The molecule has 0 saturated carbocycles. The lowest BCUT2D eigenvalue weighted by atomic mass is 10.2. The summed E-state index contributed by atoms with van der Waals surface area (Å²) in [6.45, 7) is 9.46. The molecule has 1 amide bonds. The Hall–Kier alpha value is -1.36. The summed E-state index contributed by atoms with van der Waals surface area (Å²) in [5.74, 6) is 0.535. The number of aromatic nitrogens is 1. The van der Waals surface area contributed by atoms with Crippen molar-refractivity contribution in [3.8, 4) is 0 Å². The molecule has 0 radical (unpaired) electrons. The molecule has 0 bridgehead atoms. The van der Waals surface area contributed by atoms with Crippen molar-refractivity contribution >= 4 is 27.8 Å². The highest BCUT2D eigenvalue weighted by Gasteiger charge is 2.23. The molecule has 0 aromatic carbocycles. The van der Waals surface area contributed by atoms with Gasteiger partial charge in [-0.3, -0.25) is 4.90 Å². The second-order valence-corrected chi connectivity index (χ2v) is 5.63. The van der Waals surface area contributed by atoms with Crippen molar-refractivity contribution < 1.29 is 9.53 Å². The largest absolute Gasteiger partial charge is 0.443 e. The lowest BCUT2D eigenvalue weighted by Crippen LogP contribution is -2.37. The van der Waals surface area contributed by atoms with E-state index in [2.05, 4.69) is 27.5 Å². The second-order valence-electron chi connectivity index (χ2n) is 4.71. The number of carbonyl (C=O) groups excluding carboxylic acids is 1. The van der Waals surface area contributed by atoms with E-state index >= 15 is 0 Å². The van der Waals surface area contributed by atoms with Gasteiger partial charge in [-0.1, -0.05) is 6.08 Å². The number of hydrogen-bond donors (Lipinski definition) is 0. The van der Waals surface area contributed by atoms with Crippen molar-refractivity contribution in [1.82, 2.24) is 4.98 Å². The van der Waals surface area contributed by atoms with Gasteiger partial charge >= 0.3 is 6.09 Å². The molecular formula is C13H17BrN2O2. The maximum atomic E-state index is 12.0. The molecule has 0 fully saturated rings. The van der Waals surface area contributed by atoms with E-state index in [9.17, 15) is 4.79 Å². The van der Waals surface area contributed by atoms with Crippen molar-refractivity contribution in [1.29, 1.82) is 0 Å². The van der Waals surface area contributed by atoms with E-state index < -0.39 is 11.7 Å². The lowest BCUT2D eigenvalue weighted by Gasteiger charge is -2.26. The third kappa shape index (κ3) is 4.49. The lowest BCUT2D eigenvalue weighted by molar-refractivity contribution is 0.0583. The number of pyridine rings is 1. The van der Waals surface area contributed by atoms with Gasteiger partial charge < -0.3 is 4.74 Å². The van der Waals surface area contributed by atoms with Gasteiger partial charge in [-0.2, -0.15) is 0 Å². The Kier molecular flexibility index (Phi) is 4.90. The average Bonchev–Trinajstić information content (AvgIpc) is 2.25. The molecular weight excluding hydrogens is 296 g/mol. The van der Waals surface area contributed by atoms with Crippen molar-refractivity contribution in [2.75, 3.05) is 11.4 Å². The fraction of sp³-hybridized carbons (Fsp3) is 0.385. The number of nitrogens with zero attached hydrogens (tertiary/aromatic N) is 2. The molecule has 5 heteroatoms. The van der Waals surface area contributed by atoms with Gasteiger partial charge in [0, 0.05) is 17.2 Å². The molecule has 0 unspecified atom stereocenters. The van der Waals surface area contributed by atoms with E-state index in [1.807, 2.05) is 26.8 Å². The zero-order valence-electron chi connectivity index (χ0n) is 10.8. The fourth-order valence-corrected chi connectivity index (χ4v) is 1.47. The number of ether oxygens (including phenoxy) is 1. The van der Waals surface area contributed by atoms with Crippen LogP contribution in [0.25, 0.3) is 0 Å². The standard InChI is InChI=1S/C13H17BrN2O2/c1-5-8-16(12(17)18-13(2,3)4)11-7-6-10(14)9-15-11/h5-7,9H,1,8H2,2-4H3. The Morgan fingerprint density at radius 1 is 1.56 bits per heavy atom. The van der Waals surface area contributed by atoms with Crippen LogP contribution < -0.4 is 4.90 Å². The quantitative estimate of drug-likeness (QED) is 0.798. The summed E-state index contributed by atoms with van der Waals surface area (Å²) < 4.78 is 6.18. The molecule has 98 valence electrons. The van der Waals surface area contributed by atoms with Crippen LogP contribution in [0.1, 0.15) is 20.8 Å². The summed E-state index contributed by atoms with van der Waals surface area (Å²) >= 11 is 3.30. The number of rotatable bonds is 3. The molecule has 4 nitrogen and oxygen atoms in total. The molecule has 1 heterocycles. The highest BCUT2D eigenvalue weighted by Crippen LogP contribution is 2.18. The molecule has 0 aliphatic heterocycles. The first-order valence-corrected chi connectivity index (χ1v) is 6.36. The number of anilines is 1. The zero-order chi connectivity index (χ0) is 13.8. The van der Waals surface area contributed by atoms with Gasteiger partial charge in [-0.15, -0.1) is 6.58 Å². The zero-order valence-corrected chi connectivity index (χ0v) is 12.4. The molecule has 0 aliphatic rings. The first-order chi connectivity index (χ1) is 8.33. The number of halogens is 1. The fourth-order valence-electron chi connectivity index (χ4n) is 1.24. The van der Waals surface area contributed by atoms with Crippen LogP contribution in [-0.2, 0) is 4.74 Å². The number of amides is 1. The molecule has 0 aliphatic carbocycles. The topological polar surface area (TPSA) is 42.4 Å². The minimum atomic E-state index is -0.536. The summed E-state index contributed by atoms with van der Waals surface area (Å²) in [5.41, 5.74) is -0.536. The van der Waals surface area contributed by atoms with Gasteiger partial charge in [0.05, 0.1) is 0 Å². The molecule has 1 rings (SSSR count). The van der Waals surface area contributed by atoms with Crippen molar-refractivity contribution in [3.63, 3.8) is 0 Å². The second kappa shape index (κ2) is 6.00. The number of carbonyl (C=O) groups is 1. The Balaban J connectivity index is 2.91. The van der Waals surface area contributed by atoms with Crippen molar-refractivity contribution in [3.05, 3.63) is 35.5 Å². The van der Waals surface area contributed by atoms with Gasteiger partial charge in [-0.05, 0) is 48.8 Å². The van der Waals surface area contributed by atoms with E-state index in [0.717, 1.165) is 4.47 Å². The van der Waals surface area contributed by atoms with Crippen molar-refractivity contribution in [2.24, 2.45) is 0 Å².